The molecule has 1 saturated heterocycles. The molecule has 0 radical (unpaired) electrons. The van der Waals surface area contributed by atoms with Gasteiger partial charge in [-0.05, 0) is 39.0 Å². The number of hydrogen-bond donors (Lipinski definition) is 1. The maximum absolute atomic E-state index is 12.2. The van der Waals surface area contributed by atoms with Gasteiger partial charge in [0.15, 0.2) is 5.82 Å². The molecule has 21 heavy (non-hydrogen) atoms. The van der Waals surface area contributed by atoms with Crippen LogP contribution in [0.2, 0.25) is 0 Å². The average Bonchev–Trinajstić information content (AvgIpc) is 3.17. The highest BCUT2D eigenvalue weighted by Crippen LogP contribution is 2.33. The quantitative estimate of drug-likeness (QED) is 0.925. The molecule has 1 atom stereocenters. The van der Waals surface area contributed by atoms with Crippen LogP contribution < -0.4 is 5.32 Å². The Morgan fingerprint density at radius 3 is 2.67 bits per heavy atom. The summed E-state index contributed by atoms with van der Waals surface area (Å²) >= 11 is 0. The highest BCUT2D eigenvalue weighted by molar-refractivity contribution is 5.74. The molecule has 1 aliphatic heterocycles. The highest BCUT2D eigenvalue weighted by atomic mass is 16.5. The molecular weight excluding hydrogens is 268 g/mol. The lowest BCUT2D eigenvalue weighted by Crippen LogP contribution is -2.47. The van der Waals surface area contributed by atoms with Gasteiger partial charge in [0.05, 0.1) is 0 Å². The zero-order valence-electron chi connectivity index (χ0n) is 12.8. The maximum Gasteiger partial charge on any atom is 0.317 e. The SMILES string of the molecule is Cc1noc(C2CCN(C(=O)NC(C)CC3CC3)CC2)n1. The minimum atomic E-state index is 0.0725. The third-order valence-corrected chi connectivity index (χ3v) is 4.43. The molecule has 1 saturated carbocycles. The molecule has 116 valence electrons. The monoisotopic (exact) mass is 292 g/mol. The predicted octanol–water partition coefficient (Wildman–Crippen LogP) is 2.46. The smallest absolute Gasteiger partial charge is 0.317 e. The largest absolute Gasteiger partial charge is 0.339 e. The van der Waals surface area contributed by atoms with Gasteiger partial charge in [-0.15, -0.1) is 0 Å². The van der Waals surface area contributed by atoms with Gasteiger partial charge in [0.25, 0.3) is 0 Å². The molecule has 1 unspecified atom stereocenters. The third-order valence-electron chi connectivity index (χ3n) is 4.43. The van der Waals surface area contributed by atoms with E-state index in [2.05, 4.69) is 22.4 Å². The summed E-state index contributed by atoms with van der Waals surface area (Å²) in [6.07, 6.45) is 5.56. The van der Waals surface area contributed by atoms with E-state index in [1.165, 1.54) is 12.8 Å². The molecule has 6 nitrogen and oxygen atoms in total. The number of piperidine rings is 1. The highest BCUT2D eigenvalue weighted by Gasteiger charge is 2.29. The van der Waals surface area contributed by atoms with Crippen molar-refractivity contribution in [1.82, 2.24) is 20.4 Å². The van der Waals surface area contributed by atoms with Crippen molar-refractivity contribution in [1.29, 1.82) is 0 Å². The summed E-state index contributed by atoms with van der Waals surface area (Å²) in [6, 6.07) is 0.352. The van der Waals surface area contributed by atoms with Gasteiger partial charge in [0.2, 0.25) is 5.89 Å². The van der Waals surface area contributed by atoms with Crippen LogP contribution in [0.5, 0.6) is 0 Å². The van der Waals surface area contributed by atoms with Crippen molar-refractivity contribution in [2.24, 2.45) is 5.92 Å². The Hall–Kier alpha value is -1.59. The van der Waals surface area contributed by atoms with Crippen LogP contribution in [0.3, 0.4) is 0 Å². The fourth-order valence-corrected chi connectivity index (χ4v) is 3.02. The van der Waals surface area contributed by atoms with Crippen molar-refractivity contribution in [3.05, 3.63) is 11.7 Å². The number of aryl methyl sites for hydroxylation is 1. The molecule has 0 bridgehead atoms. The number of rotatable bonds is 4. The van der Waals surface area contributed by atoms with E-state index in [1.54, 1.807) is 0 Å². The Labute approximate surface area is 125 Å². The van der Waals surface area contributed by atoms with Gasteiger partial charge in [0, 0.05) is 25.0 Å². The summed E-state index contributed by atoms with van der Waals surface area (Å²) in [5.41, 5.74) is 0. The lowest BCUT2D eigenvalue weighted by Gasteiger charge is -2.31. The molecular formula is C15H24N4O2. The molecule has 6 heteroatoms. The fourth-order valence-electron chi connectivity index (χ4n) is 3.02. The van der Waals surface area contributed by atoms with Gasteiger partial charge in [0.1, 0.15) is 0 Å². The standard InChI is InChI=1S/C15H24N4O2/c1-10(9-12-3-4-12)16-15(20)19-7-5-13(6-8-19)14-17-11(2)18-21-14/h10,12-13H,3-9H2,1-2H3,(H,16,20). The van der Waals surface area contributed by atoms with Crippen molar-refractivity contribution in [3.63, 3.8) is 0 Å². The number of hydrogen-bond acceptors (Lipinski definition) is 4. The van der Waals surface area contributed by atoms with Crippen LogP contribution in [0.4, 0.5) is 4.79 Å². The van der Waals surface area contributed by atoms with Crippen molar-refractivity contribution in [2.75, 3.05) is 13.1 Å². The van der Waals surface area contributed by atoms with E-state index >= 15 is 0 Å². The zero-order chi connectivity index (χ0) is 14.8. The predicted molar refractivity (Wildman–Crippen MR) is 77.9 cm³/mol. The van der Waals surface area contributed by atoms with Gasteiger partial charge >= 0.3 is 6.03 Å². The number of carbonyl (C=O) groups is 1. The average molecular weight is 292 g/mol. The number of nitrogens with zero attached hydrogens (tertiary/aromatic N) is 3. The molecule has 0 aromatic carbocycles. The molecule has 1 aromatic heterocycles. The summed E-state index contributed by atoms with van der Waals surface area (Å²) in [7, 11) is 0. The van der Waals surface area contributed by atoms with E-state index in [9.17, 15) is 4.79 Å². The van der Waals surface area contributed by atoms with Crippen LogP contribution in [0.25, 0.3) is 0 Å². The van der Waals surface area contributed by atoms with Gasteiger partial charge in [-0.25, -0.2) is 4.79 Å². The van der Waals surface area contributed by atoms with Gasteiger partial charge in [-0.1, -0.05) is 18.0 Å². The van der Waals surface area contributed by atoms with Crippen molar-refractivity contribution in [2.45, 2.75) is 57.9 Å². The van der Waals surface area contributed by atoms with E-state index in [4.69, 9.17) is 4.52 Å². The number of urea groups is 1. The molecule has 2 heterocycles. The van der Waals surface area contributed by atoms with E-state index in [-0.39, 0.29) is 12.1 Å². The number of nitrogens with one attached hydrogen (secondary N) is 1. The van der Waals surface area contributed by atoms with Crippen molar-refractivity contribution in [3.8, 4) is 0 Å². The number of likely N-dealkylation sites (tertiary alicyclic amines) is 1. The van der Waals surface area contributed by atoms with Crippen LogP contribution in [0.1, 0.15) is 56.7 Å². The third kappa shape index (κ3) is 3.74. The first-order chi connectivity index (χ1) is 10.1. The number of amides is 2. The van der Waals surface area contributed by atoms with Crippen LogP contribution in [-0.2, 0) is 0 Å². The lowest BCUT2D eigenvalue weighted by atomic mass is 9.97. The van der Waals surface area contributed by atoms with E-state index in [0.29, 0.717) is 11.7 Å². The van der Waals surface area contributed by atoms with Crippen LogP contribution in [0, 0.1) is 12.8 Å². The summed E-state index contributed by atoms with van der Waals surface area (Å²) in [5, 5.41) is 6.96. The Kier molecular flexibility index (Phi) is 4.12. The summed E-state index contributed by atoms with van der Waals surface area (Å²) in [6.45, 7) is 5.45. The lowest BCUT2D eigenvalue weighted by molar-refractivity contribution is 0.171. The van der Waals surface area contributed by atoms with E-state index in [0.717, 1.165) is 44.2 Å². The Morgan fingerprint density at radius 1 is 1.38 bits per heavy atom. The van der Waals surface area contributed by atoms with Gasteiger partial charge in [-0.2, -0.15) is 4.98 Å². The van der Waals surface area contributed by atoms with Crippen LogP contribution >= 0.6 is 0 Å². The normalized spacial score (nSPS) is 21.3. The molecule has 1 aromatic rings. The molecule has 1 N–H and O–H groups in total. The molecule has 0 spiro atoms. The first-order valence-corrected chi connectivity index (χ1v) is 7.97. The second-order valence-corrected chi connectivity index (χ2v) is 6.47. The molecule has 2 fully saturated rings. The topological polar surface area (TPSA) is 71.3 Å². The molecule has 2 aliphatic rings. The Balaban J connectivity index is 1.45. The first-order valence-electron chi connectivity index (χ1n) is 7.97. The van der Waals surface area contributed by atoms with Crippen LogP contribution in [0.15, 0.2) is 4.52 Å². The second-order valence-electron chi connectivity index (χ2n) is 6.47. The fraction of sp³-hybridized carbons (Fsp3) is 0.800. The molecule has 2 amide bonds. The maximum atomic E-state index is 12.2. The first kappa shape index (κ1) is 14.4. The van der Waals surface area contributed by atoms with Crippen molar-refractivity contribution < 1.29 is 9.32 Å². The Bertz CT molecular complexity index is 490. The number of carbonyl (C=O) groups excluding carboxylic acids is 1. The van der Waals surface area contributed by atoms with Gasteiger partial charge in [-0.3, -0.25) is 0 Å². The summed E-state index contributed by atoms with van der Waals surface area (Å²) < 4.78 is 5.23. The minimum absolute atomic E-state index is 0.0725. The summed E-state index contributed by atoms with van der Waals surface area (Å²) in [4.78, 5) is 18.4. The van der Waals surface area contributed by atoms with Crippen molar-refractivity contribution >= 4 is 6.03 Å². The molecule has 3 rings (SSSR count). The second kappa shape index (κ2) is 6.03. The zero-order valence-corrected chi connectivity index (χ0v) is 12.8. The number of aromatic nitrogens is 2. The minimum Gasteiger partial charge on any atom is -0.339 e. The van der Waals surface area contributed by atoms with Gasteiger partial charge < -0.3 is 14.7 Å². The van der Waals surface area contributed by atoms with Crippen LogP contribution in [-0.4, -0.2) is 40.2 Å². The van der Waals surface area contributed by atoms with E-state index < -0.39 is 0 Å². The van der Waals surface area contributed by atoms with E-state index in [1.807, 2.05) is 11.8 Å². The molecule has 1 aliphatic carbocycles. The summed E-state index contributed by atoms with van der Waals surface area (Å²) in [5.74, 6) is 2.53. The Morgan fingerprint density at radius 2 is 2.10 bits per heavy atom.